The molecule has 0 fully saturated rings. The number of aromatic nitrogens is 2. The van der Waals surface area contributed by atoms with Gasteiger partial charge in [0, 0.05) is 49.7 Å². The van der Waals surface area contributed by atoms with Crippen LogP contribution in [-0.2, 0) is 20.1 Å². The van der Waals surface area contributed by atoms with Crippen molar-refractivity contribution >= 4 is 0 Å². The van der Waals surface area contributed by atoms with E-state index in [-0.39, 0.29) is 31.4 Å². The number of hydrogen-bond acceptors (Lipinski definition) is 2. The minimum atomic E-state index is -1.02. The molecule has 0 aliphatic heterocycles. The van der Waals surface area contributed by atoms with Crippen LogP contribution in [0.15, 0.2) is 176 Å². The standard InChI is InChI=1S/C53H32F4N2.Ir/c1-33-24-39(26-40(25-33)46-29-51(57)50(56)28-45(46)38-20-23-52(58-31-38)44-22-21-41(54)27-49(44)55)42-14-8-9-15-43(42)48-32-59-53(37-12-6-3-7-13-37)30-47(48)36-18-16-35(17-19-36)34-10-4-2-5-11-34;/h2-12,14-21,23-32H,1H3;/q-2;. The van der Waals surface area contributed by atoms with Crippen LogP contribution in [0.4, 0.5) is 17.6 Å². The molecule has 60 heavy (non-hydrogen) atoms. The van der Waals surface area contributed by atoms with Crippen molar-refractivity contribution in [3.63, 3.8) is 0 Å². The van der Waals surface area contributed by atoms with E-state index in [1.165, 1.54) is 12.3 Å². The van der Waals surface area contributed by atoms with Gasteiger partial charge in [-0.2, -0.15) is 0 Å². The minimum Gasteiger partial charge on any atom is -0.304 e. The second-order valence-corrected chi connectivity index (χ2v) is 14.3. The summed E-state index contributed by atoms with van der Waals surface area (Å²) in [6, 6.07) is 56.0. The fraction of sp³-hybridized carbons (Fsp3) is 0.0189. The number of benzene rings is 7. The molecule has 9 rings (SSSR count). The molecule has 1 radical (unpaired) electrons. The second kappa shape index (κ2) is 17.2. The zero-order valence-electron chi connectivity index (χ0n) is 32.0. The summed E-state index contributed by atoms with van der Waals surface area (Å²) < 4.78 is 58.2. The molecule has 7 heteroatoms. The maximum absolute atomic E-state index is 15.1. The van der Waals surface area contributed by atoms with Crippen LogP contribution in [0.5, 0.6) is 0 Å². The molecule has 0 saturated heterocycles. The van der Waals surface area contributed by atoms with Crippen molar-refractivity contribution in [1.29, 1.82) is 0 Å². The molecule has 0 unspecified atom stereocenters. The molecule has 0 N–H and O–H groups in total. The molecule has 2 nitrogen and oxygen atoms in total. The summed E-state index contributed by atoms with van der Waals surface area (Å²) >= 11 is 0. The zero-order chi connectivity index (χ0) is 40.5. The number of halogens is 4. The van der Waals surface area contributed by atoms with Crippen LogP contribution in [0.25, 0.3) is 89.3 Å². The summed E-state index contributed by atoms with van der Waals surface area (Å²) in [7, 11) is 0. The summed E-state index contributed by atoms with van der Waals surface area (Å²) in [6.45, 7) is 1.96. The molecule has 0 aliphatic rings. The van der Waals surface area contributed by atoms with Gasteiger partial charge in [-0.25, -0.2) is 8.78 Å². The Labute approximate surface area is 359 Å². The predicted octanol–water partition coefficient (Wildman–Crippen LogP) is 14.3. The van der Waals surface area contributed by atoms with E-state index in [1.807, 2.05) is 79.9 Å². The predicted molar refractivity (Wildman–Crippen MR) is 228 cm³/mol. The van der Waals surface area contributed by atoms with Gasteiger partial charge in [-0.3, -0.25) is 8.78 Å². The Hall–Kier alpha value is -6.79. The molecule has 2 heterocycles. The van der Waals surface area contributed by atoms with E-state index < -0.39 is 23.3 Å². The van der Waals surface area contributed by atoms with E-state index >= 15 is 4.39 Å². The number of pyridine rings is 2. The molecule has 0 atom stereocenters. The Morgan fingerprint density at radius 2 is 1.02 bits per heavy atom. The van der Waals surface area contributed by atoms with Crippen LogP contribution in [0.3, 0.4) is 0 Å². The van der Waals surface area contributed by atoms with E-state index in [2.05, 4.69) is 77.8 Å². The largest absolute Gasteiger partial charge is 0.304 e. The summed E-state index contributed by atoms with van der Waals surface area (Å²) in [5, 5.41) is 0. The van der Waals surface area contributed by atoms with Crippen molar-refractivity contribution in [1.82, 2.24) is 9.97 Å². The molecule has 0 bridgehead atoms. The molecule has 0 amide bonds. The average molecular weight is 965 g/mol. The summed E-state index contributed by atoms with van der Waals surface area (Å²) in [5.74, 6) is -3.57. The molecule has 293 valence electrons. The van der Waals surface area contributed by atoms with Crippen molar-refractivity contribution in [2.24, 2.45) is 0 Å². The molecular formula is C53H32F4IrN2-2. The van der Waals surface area contributed by atoms with E-state index in [4.69, 9.17) is 4.98 Å². The Bertz CT molecular complexity index is 2970. The Morgan fingerprint density at radius 1 is 0.417 bits per heavy atom. The monoisotopic (exact) mass is 965 g/mol. The zero-order valence-corrected chi connectivity index (χ0v) is 34.4. The van der Waals surface area contributed by atoms with Crippen LogP contribution in [-0.4, -0.2) is 9.97 Å². The summed E-state index contributed by atoms with van der Waals surface area (Å²) in [4.78, 5) is 9.33. The first-order valence-electron chi connectivity index (χ1n) is 19.0. The van der Waals surface area contributed by atoms with E-state index in [1.54, 1.807) is 12.1 Å². The maximum Gasteiger partial charge on any atom is 0.159 e. The normalized spacial score (nSPS) is 10.9. The number of rotatable bonds is 8. The topological polar surface area (TPSA) is 25.8 Å². The van der Waals surface area contributed by atoms with Gasteiger partial charge in [0.05, 0.1) is 0 Å². The van der Waals surface area contributed by atoms with Crippen molar-refractivity contribution in [3.05, 3.63) is 217 Å². The van der Waals surface area contributed by atoms with Gasteiger partial charge in [-0.05, 0) is 103 Å². The third-order valence-electron chi connectivity index (χ3n) is 10.4. The number of nitrogens with zero attached hydrogens (tertiary/aromatic N) is 2. The van der Waals surface area contributed by atoms with E-state index in [9.17, 15) is 13.2 Å². The molecular weight excluding hydrogens is 933 g/mol. The van der Waals surface area contributed by atoms with Crippen LogP contribution in [0.2, 0.25) is 0 Å². The van der Waals surface area contributed by atoms with Crippen molar-refractivity contribution < 1.29 is 37.7 Å². The Balaban J connectivity index is 0.00000499. The van der Waals surface area contributed by atoms with Crippen molar-refractivity contribution in [2.45, 2.75) is 6.92 Å². The third kappa shape index (κ3) is 8.10. The van der Waals surface area contributed by atoms with Gasteiger partial charge in [0.2, 0.25) is 0 Å². The van der Waals surface area contributed by atoms with Crippen LogP contribution >= 0.6 is 0 Å². The average Bonchev–Trinajstić information content (AvgIpc) is 3.27. The van der Waals surface area contributed by atoms with Gasteiger partial charge < -0.3 is 9.97 Å². The Kier molecular flexibility index (Phi) is 11.5. The Morgan fingerprint density at radius 3 is 1.70 bits per heavy atom. The molecule has 2 aromatic heterocycles. The van der Waals surface area contributed by atoms with Crippen molar-refractivity contribution in [2.75, 3.05) is 0 Å². The summed E-state index contributed by atoms with van der Waals surface area (Å²) in [6.07, 6.45) is 3.37. The van der Waals surface area contributed by atoms with Gasteiger partial charge >= 0.3 is 0 Å². The first kappa shape index (κ1) is 40.0. The van der Waals surface area contributed by atoms with Gasteiger partial charge in [-0.1, -0.05) is 121 Å². The smallest absolute Gasteiger partial charge is 0.159 e. The first-order valence-corrected chi connectivity index (χ1v) is 19.0. The maximum atomic E-state index is 15.1. The second-order valence-electron chi connectivity index (χ2n) is 14.3. The quantitative estimate of drug-likeness (QED) is 0.112. The van der Waals surface area contributed by atoms with Gasteiger partial charge in [-0.15, -0.1) is 48.0 Å². The van der Waals surface area contributed by atoms with Gasteiger partial charge in [0.15, 0.2) is 11.6 Å². The molecule has 0 spiro atoms. The molecule has 0 saturated carbocycles. The molecule has 0 aliphatic carbocycles. The first-order chi connectivity index (χ1) is 28.8. The van der Waals surface area contributed by atoms with Gasteiger partial charge in [0.1, 0.15) is 0 Å². The molecule has 7 aromatic carbocycles. The third-order valence-corrected chi connectivity index (χ3v) is 10.4. The fourth-order valence-electron chi connectivity index (χ4n) is 7.51. The SMILES string of the molecule is Cc1cc(-c2cc(F)c(F)cc2-c2ccc(-c3[c-]cc(F)cc3F)nc2)cc(-c2ccccc2-c2cnc(-c3[c-]cccc3)cc2-c2ccc(-c3ccccc3)cc2)c1.[Ir]. The van der Waals surface area contributed by atoms with E-state index in [0.29, 0.717) is 22.3 Å². The van der Waals surface area contributed by atoms with Crippen molar-refractivity contribution in [3.8, 4) is 89.3 Å². The van der Waals surface area contributed by atoms with Crippen LogP contribution in [0.1, 0.15) is 5.56 Å². The van der Waals surface area contributed by atoms with Crippen LogP contribution < -0.4 is 0 Å². The van der Waals surface area contributed by atoms with Gasteiger partial charge in [0.25, 0.3) is 0 Å². The minimum absolute atomic E-state index is 0. The van der Waals surface area contributed by atoms with Crippen LogP contribution in [0, 0.1) is 42.3 Å². The number of hydrogen-bond donors (Lipinski definition) is 0. The van der Waals surface area contributed by atoms with E-state index in [0.717, 1.165) is 79.5 Å². The number of aryl methyl sites for hydroxylation is 1. The fourth-order valence-corrected chi connectivity index (χ4v) is 7.51. The summed E-state index contributed by atoms with van der Waals surface area (Å²) in [5.41, 5.74) is 12.7. The molecule has 9 aromatic rings.